The summed E-state index contributed by atoms with van der Waals surface area (Å²) >= 11 is 5.14. The predicted molar refractivity (Wildman–Crippen MR) is 158 cm³/mol. The predicted octanol–water partition coefficient (Wildman–Crippen LogP) is 5.65. The summed E-state index contributed by atoms with van der Waals surface area (Å²) in [5, 5.41) is 11.1. The second kappa shape index (κ2) is 11.3. The topological polar surface area (TPSA) is 122 Å². The summed E-state index contributed by atoms with van der Waals surface area (Å²) in [5.41, 5.74) is 2.61. The Morgan fingerprint density at radius 3 is 2.25 bits per heavy atom. The largest absolute Gasteiger partial charge is 0.300 e. The maximum Gasteiger partial charge on any atom is 0.266 e. The molecule has 6 rings (SSSR count). The molecule has 0 saturated heterocycles. The Bertz CT molecular complexity index is 1750. The van der Waals surface area contributed by atoms with E-state index in [-0.39, 0.29) is 35.0 Å². The summed E-state index contributed by atoms with van der Waals surface area (Å²) in [6, 6.07) is 21.0. The highest BCUT2D eigenvalue weighted by atomic mass is 32.2. The zero-order valence-electron chi connectivity index (χ0n) is 20.4. The number of hydrogen-bond donors (Lipinski definition) is 1. The van der Waals surface area contributed by atoms with Crippen LogP contribution in [-0.4, -0.2) is 50.2 Å². The van der Waals surface area contributed by atoms with Gasteiger partial charge in [0.1, 0.15) is 0 Å². The molecule has 40 heavy (non-hydrogen) atoms. The lowest BCUT2D eigenvalue weighted by Gasteiger charge is -2.13. The molecule has 5 aromatic rings. The molecule has 0 spiro atoms. The Morgan fingerprint density at radius 1 is 0.800 bits per heavy atom. The Kier molecular flexibility index (Phi) is 7.43. The smallest absolute Gasteiger partial charge is 0.266 e. The van der Waals surface area contributed by atoms with Crippen molar-refractivity contribution in [3.8, 4) is 0 Å². The SMILES string of the molecule is O=C(CSc1nc2ccc(N3C(=O)c4ccccc4C3=O)cc2s1)Nc1nnc(SCC(=O)c2ccccc2)s1. The van der Waals surface area contributed by atoms with Gasteiger partial charge in [0.2, 0.25) is 11.0 Å². The molecule has 3 aromatic carbocycles. The van der Waals surface area contributed by atoms with Crippen LogP contribution in [0.25, 0.3) is 10.2 Å². The third-order valence-electron chi connectivity index (χ3n) is 5.81. The summed E-state index contributed by atoms with van der Waals surface area (Å²) in [6.45, 7) is 0. The van der Waals surface area contributed by atoms with Gasteiger partial charge in [0, 0.05) is 5.56 Å². The number of aromatic nitrogens is 3. The Hall–Kier alpha value is -3.91. The fourth-order valence-electron chi connectivity index (χ4n) is 3.95. The lowest BCUT2D eigenvalue weighted by atomic mass is 10.1. The highest BCUT2D eigenvalue weighted by Crippen LogP contribution is 2.35. The number of imide groups is 1. The number of nitrogens with one attached hydrogen (secondary N) is 1. The van der Waals surface area contributed by atoms with Crippen LogP contribution < -0.4 is 10.2 Å². The number of Topliss-reactive ketones (excluding diaryl/α,β-unsaturated/α-hetero) is 1. The number of rotatable bonds is 9. The number of carbonyl (C=O) groups excluding carboxylic acids is 4. The number of benzene rings is 3. The number of anilines is 2. The van der Waals surface area contributed by atoms with Crippen molar-refractivity contribution in [2.24, 2.45) is 0 Å². The van der Waals surface area contributed by atoms with Crippen molar-refractivity contribution in [2.45, 2.75) is 8.68 Å². The van der Waals surface area contributed by atoms with Gasteiger partial charge in [-0.3, -0.25) is 24.5 Å². The number of fused-ring (bicyclic) bond motifs is 2. The molecule has 1 aliphatic heterocycles. The molecule has 13 heteroatoms. The van der Waals surface area contributed by atoms with Crippen LogP contribution in [0, 0.1) is 0 Å². The van der Waals surface area contributed by atoms with Gasteiger partial charge in [-0.25, -0.2) is 9.88 Å². The number of ketones is 1. The minimum Gasteiger partial charge on any atom is -0.300 e. The van der Waals surface area contributed by atoms with Crippen LogP contribution in [0.2, 0.25) is 0 Å². The Balaban J connectivity index is 1.04. The monoisotopic (exact) mass is 603 g/mol. The quantitative estimate of drug-likeness (QED) is 0.0985. The fraction of sp³-hybridized carbons (Fsp3) is 0.0741. The standard InChI is InChI=1S/C27H17N5O4S4/c33-20(15-6-2-1-3-7-15)13-37-27-31-30-25(40-27)29-22(34)14-38-26-28-19-11-10-16(12-21(19)39-26)32-23(35)17-8-4-5-9-18(17)24(32)36/h1-12H,13-14H2,(H,29,30,34). The number of carbonyl (C=O) groups is 4. The molecular formula is C27H17N5O4S4. The second-order valence-electron chi connectivity index (χ2n) is 8.41. The number of thiazole rings is 1. The first-order valence-corrected chi connectivity index (χ1v) is 15.4. The average molecular weight is 604 g/mol. The molecule has 1 aliphatic rings. The van der Waals surface area contributed by atoms with Crippen molar-refractivity contribution in [3.05, 3.63) is 89.5 Å². The second-order valence-corrected chi connectivity index (χ2v) is 12.9. The van der Waals surface area contributed by atoms with Crippen LogP contribution >= 0.6 is 46.2 Å². The van der Waals surface area contributed by atoms with E-state index in [0.29, 0.717) is 41.7 Å². The highest BCUT2D eigenvalue weighted by Gasteiger charge is 2.36. The Labute approximate surface area is 244 Å². The van der Waals surface area contributed by atoms with Gasteiger partial charge in [0.05, 0.1) is 38.5 Å². The lowest BCUT2D eigenvalue weighted by molar-refractivity contribution is -0.113. The van der Waals surface area contributed by atoms with Crippen LogP contribution in [0.3, 0.4) is 0 Å². The number of nitrogens with zero attached hydrogens (tertiary/aromatic N) is 4. The Morgan fingerprint density at radius 2 is 1.50 bits per heavy atom. The third kappa shape index (κ3) is 5.41. The van der Waals surface area contributed by atoms with Gasteiger partial charge in [0.25, 0.3) is 11.8 Å². The van der Waals surface area contributed by atoms with Crippen molar-refractivity contribution in [1.82, 2.24) is 15.2 Å². The lowest BCUT2D eigenvalue weighted by Crippen LogP contribution is -2.29. The van der Waals surface area contributed by atoms with E-state index in [4.69, 9.17) is 0 Å². The first-order chi connectivity index (χ1) is 19.5. The maximum atomic E-state index is 12.8. The number of hydrogen-bond acceptors (Lipinski definition) is 11. The molecule has 3 amide bonds. The zero-order chi connectivity index (χ0) is 27.6. The van der Waals surface area contributed by atoms with Crippen LogP contribution in [0.4, 0.5) is 10.8 Å². The molecule has 0 radical (unpaired) electrons. The average Bonchev–Trinajstić information content (AvgIpc) is 3.67. The minimum atomic E-state index is -0.350. The van der Waals surface area contributed by atoms with Gasteiger partial charge in [-0.15, -0.1) is 21.5 Å². The zero-order valence-corrected chi connectivity index (χ0v) is 23.7. The molecule has 0 unspecified atom stereocenters. The molecule has 0 bridgehead atoms. The van der Waals surface area contributed by atoms with E-state index in [9.17, 15) is 19.2 Å². The number of thioether (sulfide) groups is 2. The first kappa shape index (κ1) is 26.3. The highest BCUT2D eigenvalue weighted by molar-refractivity contribution is 8.02. The summed E-state index contributed by atoms with van der Waals surface area (Å²) < 4.78 is 2.07. The van der Waals surface area contributed by atoms with Crippen LogP contribution in [0.15, 0.2) is 81.5 Å². The molecule has 3 heterocycles. The van der Waals surface area contributed by atoms with Crippen molar-refractivity contribution in [2.75, 3.05) is 21.7 Å². The molecular weight excluding hydrogens is 587 g/mol. The van der Waals surface area contributed by atoms with E-state index < -0.39 is 0 Å². The van der Waals surface area contributed by atoms with Gasteiger partial charge in [0.15, 0.2) is 14.5 Å². The minimum absolute atomic E-state index is 0.00513. The van der Waals surface area contributed by atoms with Gasteiger partial charge >= 0.3 is 0 Å². The molecule has 2 aromatic heterocycles. The van der Waals surface area contributed by atoms with Crippen LogP contribution in [0.5, 0.6) is 0 Å². The summed E-state index contributed by atoms with van der Waals surface area (Å²) in [6.07, 6.45) is 0. The van der Waals surface area contributed by atoms with Gasteiger partial charge in [-0.2, -0.15) is 0 Å². The van der Waals surface area contributed by atoms with E-state index in [0.717, 1.165) is 4.70 Å². The normalized spacial score (nSPS) is 12.7. The molecule has 9 nitrogen and oxygen atoms in total. The van der Waals surface area contributed by atoms with E-state index in [1.165, 1.54) is 51.1 Å². The van der Waals surface area contributed by atoms with E-state index in [2.05, 4.69) is 20.5 Å². The molecule has 198 valence electrons. The molecule has 0 fully saturated rings. The van der Waals surface area contributed by atoms with Gasteiger partial charge in [-0.05, 0) is 30.3 Å². The van der Waals surface area contributed by atoms with Gasteiger partial charge < -0.3 is 0 Å². The van der Waals surface area contributed by atoms with Crippen molar-refractivity contribution < 1.29 is 19.2 Å². The third-order valence-corrected chi connectivity index (χ3v) is 9.94. The summed E-state index contributed by atoms with van der Waals surface area (Å²) in [5.74, 6) is -0.624. The van der Waals surface area contributed by atoms with E-state index in [1.54, 1.807) is 54.6 Å². The van der Waals surface area contributed by atoms with Crippen molar-refractivity contribution in [3.63, 3.8) is 0 Å². The summed E-state index contributed by atoms with van der Waals surface area (Å²) in [4.78, 5) is 56.2. The van der Waals surface area contributed by atoms with Crippen LogP contribution in [-0.2, 0) is 4.79 Å². The number of amides is 3. The van der Waals surface area contributed by atoms with Gasteiger partial charge in [-0.1, -0.05) is 77.3 Å². The first-order valence-electron chi connectivity index (χ1n) is 11.8. The summed E-state index contributed by atoms with van der Waals surface area (Å²) in [7, 11) is 0. The molecule has 0 saturated carbocycles. The van der Waals surface area contributed by atoms with Crippen molar-refractivity contribution >= 4 is 90.7 Å². The molecule has 0 atom stereocenters. The van der Waals surface area contributed by atoms with E-state index in [1.807, 2.05) is 18.2 Å². The van der Waals surface area contributed by atoms with Crippen LogP contribution in [0.1, 0.15) is 31.1 Å². The molecule has 1 N–H and O–H groups in total. The maximum absolute atomic E-state index is 12.8. The van der Waals surface area contributed by atoms with Crippen molar-refractivity contribution in [1.29, 1.82) is 0 Å². The fourth-order valence-corrected chi connectivity index (χ4v) is 7.52. The van der Waals surface area contributed by atoms with E-state index >= 15 is 0 Å². The molecule has 0 aliphatic carbocycles.